The molecule has 0 heterocycles. The molecular weight excluding hydrogens is 194 g/mol. The summed E-state index contributed by atoms with van der Waals surface area (Å²) in [5.74, 6) is 0. The Morgan fingerprint density at radius 2 is 2.00 bits per heavy atom. The Kier molecular flexibility index (Phi) is 4.23. The average Bonchev–Trinajstić information content (AvgIpc) is 2.26. The lowest BCUT2D eigenvalue weighted by Gasteiger charge is -2.17. The van der Waals surface area contributed by atoms with Crippen LogP contribution in [0, 0.1) is 6.92 Å². The number of benzene rings is 1. The summed E-state index contributed by atoms with van der Waals surface area (Å²) in [6, 6.07) is 5.16. The van der Waals surface area contributed by atoms with E-state index in [4.69, 9.17) is 10.8 Å². The molecule has 0 aromatic heterocycles. The van der Waals surface area contributed by atoms with Crippen LogP contribution < -0.4 is 5.73 Å². The summed E-state index contributed by atoms with van der Waals surface area (Å²) in [5.41, 5.74) is 7.57. The minimum atomic E-state index is -0.971. The van der Waals surface area contributed by atoms with Crippen LogP contribution in [-0.2, 0) is 6.61 Å². The Bertz CT molecular complexity index is 328. The minimum Gasteiger partial charge on any atom is -0.392 e. The Labute approximate surface area is 89.0 Å². The van der Waals surface area contributed by atoms with Gasteiger partial charge in [-0.05, 0) is 23.6 Å². The van der Waals surface area contributed by atoms with Gasteiger partial charge in [-0.1, -0.05) is 18.2 Å². The summed E-state index contributed by atoms with van der Waals surface area (Å²) in [6.45, 7) is 1.83. The molecule has 0 aliphatic heterocycles. The lowest BCUT2D eigenvalue weighted by Crippen LogP contribution is -2.27. The third kappa shape index (κ3) is 2.76. The molecule has 0 saturated carbocycles. The highest BCUT2D eigenvalue weighted by Crippen LogP contribution is 2.19. The molecular formula is C11H17NO3. The standard InChI is InChI=1S/C11H17NO3/c1-7-4-8(2-3-9(7)6-13)11(15)10(14)5-12/h2-4,10-11,13-15H,5-6,12H2,1H3. The van der Waals surface area contributed by atoms with Gasteiger partial charge >= 0.3 is 0 Å². The monoisotopic (exact) mass is 211 g/mol. The lowest BCUT2D eigenvalue weighted by molar-refractivity contribution is 0.0243. The van der Waals surface area contributed by atoms with Gasteiger partial charge in [0.1, 0.15) is 6.10 Å². The van der Waals surface area contributed by atoms with Crippen LogP contribution in [-0.4, -0.2) is 28.0 Å². The Hall–Kier alpha value is -0.940. The number of aryl methyl sites for hydroxylation is 1. The Morgan fingerprint density at radius 1 is 1.33 bits per heavy atom. The summed E-state index contributed by atoms with van der Waals surface area (Å²) in [6.07, 6.45) is -1.93. The van der Waals surface area contributed by atoms with Crippen LogP contribution in [0.5, 0.6) is 0 Å². The molecule has 0 bridgehead atoms. The molecule has 2 atom stereocenters. The molecule has 84 valence electrons. The zero-order valence-corrected chi connectivity index (χ0v) is 8.72. The van der Waals surface area contributed by atoms with E-state index in [1.54, 1.807) is 18.2 Å². The van der Waals surface area contributed by atoms with Crippen LogP contribution in [0.2, 0.25) is 0 Å². The first kappa shape index (κ1) is 12.1. The van der Waals surface area contributed by atoms with Crippen LogP contribution >= 0.6 is 0 Å². The van der Waals surface area contributed by atoms with E-state index in [9.17, 15) is 10.2 Å². The van der Waals surface area contributed by atoms with Crippen molar-refractivity contribution in [1.29, 1.82) is 0 Å². The number of nitrogens with two attached hydrogens (primary N) is 1. The molecule has 1 rings (SSSR count). The summed E-state index contributed by atoms with van der Waals surface area (Å²) < 4.78 is 0. The predicted octanol–water partition coefficient (Wildman–Crippen LogP) is -0.160. The van der Waals surface area contributed by atoms with Gasteiger partial charge in [-0.15, -0.1) is 0 Å². The molecule has 2 unspecified atom stereocenters. The normalized spacial score (nSPS) is 15.0. The van der Waals surface area contributed by atoms with Gasteiger partial charge in [-0.3, -0.25) is 0 Å². The molecule has 0 fully saturated rings. The largest absolute Gasteiger partial charge is 0.392 e. The van der Waals surface area contributed by atoms with Gasteiger partial charge in [0.15, 0.2) is 0 Å². The van der Waals surface area contributed by atoms with E-state index >= 15 is 0 Å². The number of rotatable bonds is 4. The highest BCUT2D eigenvalue weighted by Gasteiger charge is 2.16. The summed E-state index contributed by atoms with van der Waals surface area (Å²) in [4.78, 5) is 0. The van der Waals surface area contributed by atoms with Crippen molar-refractivity contribution in [3.05, 3.63) is 34.9 Å². The SMILES string of the molecule is Cc1cc(C(O)C(O)CN)ccc1CO. The summed E-state index contributed by atoms with van der Waals surface area (Å²) in [5, 5.41) is 28.0. The van der Waals surface area contributed by atoms with E-state index in [0.717, 1.165) is 11.1 Å². The van der Waals surface area contributed by atoms with E-state index < -0.39 is 12.2 Å². The number of aliphatic hydroxyl groups excluding tert-OH is 3. The molecule has 4 heteroatoms. The summed E-state index contributed by atoms with van der Waals surface area (Å²) >= 11 is 0. The zero-order valence-electron chi connectivity index (χ0n) is 8.72. The van der Waals surface area contributed by atoms with Gasteiger partial charge < -0.3 is 21.1 Å². The summed E-state index contributed by atoms with van der Waals surface area (Å²) in [7, 11) is 0. The van der Waals surface area contributed by atoms with Crippen molar-refractivity contribution in [3.8, 4) is 0 Å². The van der Waals surface area contributed by atoms with E-state index in [1.807, 2.05) is 6.92 Å². The van der Waals surface area contributed by atoms with Gasteiger partial charge in [0.05, 0.1) is 12.7 Å². The highest BCUT2D eigenvalue weighted by molar-refractivity contribution is 5.32. The van der Waals surface area contributed by atoms with E-state index in [-0.39, 0.29) is 13.2 Å². The second-order valence-corrected chi connectivity index (χ2v) is 3.59. The van der Waals surface area contributed by atoms with Crippen LogP contribution in [0.3, 0.4) is 0 Å². The number of hydrogen-bond acceptors (Lipinski definition) is 4. The average molecular weight is 211 g/mol. The molecule has 0 saturated heterocycles. The van der Waals surface area contributed by atoms with Crippen molar-refractivity contribution >= 4 is 0 Å². The maximum absolute atomic E-state index is 9.68. The van der Waals surface area contributed by atoms with Crippen LogP contribution in [0.15, 0.2) is 18.2 Å². The van der Waals surface area contributed by atoms with Gasteiger partial charge in [0, 0.05) is 6.54 Å². The Morgan fingerprint density at radius 3 is 2.47 bits per heavy atom. The lowest BCUT2D eigenvalue weighted by atomic mass is 9.99. The minimum absolute atomic E-state index is 0.0158. The van der Waals surface area contributed by atoms with Crippen molar-refractivity contribution in [1.82, 2.24) is 0 Å². The van der Waals surface area contributed by atoms with Crippen LogP contribution in [0.25, 0.3) is 0 Å². The highest BCUT2D eigenvalue weighted by atomic mass is 16.3. The second-order valence-electron chi connectivity index (χ2n) is 3.59. The maximum atomic E-state index is 9.68. The van der Waals surface area contributed by atoms with E-state index in [2.05, 4.69) is 0 Å². The molecule has 4 nitrogen and oxygen atoms in total. The van der Waals surface area contributed by atoms with Gasteiger partial charge in [-0.25, -0.2) is 0 Å². The fraction of sp³-hybridized carbons (Fsp3) is 0.455. The smallest absolute Gasteiger partial charge is 0.106 e. The molecule has 0 aliphatic rings. The van der Waals surface area contributed by atoms with Crippen molar-refractivity contribution in [3.63, 3.8) is 0 Å². The molecule has 1 aromatic rings. The first-order valence-electron chi connectivity index (χ1n) is 4.86. The molecule has 0 radical (unpaired) electrons. The van der Waals surface area contributed by atoms with Crippen molar-refractivity contribution in [2.75, 3.05) is 6.54 Å². The third-order valence-electron chi connectivity index (χ3n) is 2.48. The van der Waals surface area contributed by atoms with Crippen LogP contribution in [0.1, 0.15) is 22.8 Å². The van der Waals surface area contributed by atoms with Gasteiger partial charge in [0.2, 0.25) is 0 Å². The predicted molar refractivity (Wildman–Crippen MR) is 57.1 cm³/mol. The molecule has 0 aliphatic carbocycles. The second kappa shape index (κ2) is 5.23. The van der Waals surface area contributed by atoms with E-state index in [0.29, 0.717) is 5.56 Å². The number of aliphatic hydroxyl groups is 3. The van der Waals surface area contributed by atoms with E-state index in [1.165, 1.54) is 0 Å². The topological polar surface area (TPSA) is 86.7 Å². The maximum Gasteiger partial charge on any atom is 0.106 e. The molecule has 15 heavy (non-hydrogen) atoms. The van der Waals surface area contributed by atoms with Gasteiger partial charge in [0.25, 0.3) is 0 Å². The fourth-order valence-corrected chi connectivity index (χ4v) is 1.43. The molecule has 5 N–H and O–H groups in total. The van der Waals surface area contributed by atoms with Gasteiger partial charge in [-0.2, -0.15) is 0 Å². The first-order chi connectivity index (χ1) is 7.10. The quantitative estimate of drug-likeness (QED) is 0.557. The Balaban J connectivity index is 2.92. The van der Waals surface area contributed by atoms with Crippen molar-refractivity contribution < 1.29 is 15.3 Å². The molecule has 0 amide bonds. The molecule has 0 spiro atoms. The molecule has 1 aromatic carbocycles. The third-order valence-corrected chi connectivity index (χ3v) is 2.48. The number of hydrogen-bond donors (Lipinski definition) is 4. The van der Waals surface area contributed by atoms with Crippen LogP contribution in [0.4, 0.5) is 0 Å². The van der Waals surface area contributed by atoms with Crippen molar-refractivity contribution in [2.45, 2.75) is 25.7 Å². The van der Waals surface area contributed by atoms with Crippen molar-refractivity contribution in [2.24, 2.45) is 5.73 Å². The fourth-order valence-electron chi connectivity index (χ4n) is 1.43. The zero-order chi connectivity index (χ0) is 11.4. The first-order valence-corrected chi connectivity index (χ1v) is 4.86.